The number of benzene rings is 1. The van der Waals surface area contributed by atoms with Crippen LogP contribution >= 0.6 is 0 Å². The summed E-state index contributed by atoms with van der Waals surface area (Å²) in [7, 11) is 0. The molecule has 0 bridgehead atoms. The van der Waals surface area contributed by atoms with Crippen molar-refractivity contribution in [1.29, 1.82) is 0 Å². The fraction of sp³-hybridized carbons (Fsp3) is 0.143. The molecule has 3 rings (SSSR count). The van der Waals surface area contributed by atoms with E-state index in [1.807, 2.05) is 30.3 Å². The lowest BCUT2D eigenvalue weighted by molar-refractivity contribution is 0.0660. The third-order valence-corrected chi connectivity index (χ3v) is 2.99. The van der Waals surface area contributed by atoms with Gasteiger partial charge in [0.05, 0.1) is 0 Å². The van der Waals surface area contributed by atoms with Crippen molar-refractivity contribution in [2.45, 2.75) is 13.0 Å². The molecule has 0 atom stereocenters. The molecule has 0 saturated heterocycles. The zero-order valence-electron chi connectivity index (χ0n) is 11.0. The first-order valence-electron chi connectivity index (χ1n) is 6.33. The van der Waals surface area contributed by atoms with E-state index in [2.05, 4.69) is 15.5 Å². The van der Waals surface area contributed by atoms with Gasteiger partial charge < -0.3 is 9.52 Å². The van der Waals surface area contributed by atoms with Crippen molar-refractivity contribution in [2.75, 3.05) is 0 Å². The lowest BCUT2D eigenvalue weighted by atomic mass is 10.1. The number of nitrogens with zero attached hydrogens (tertiary/aromatic N) is 4. The first-order valence-corrected chi connectivity index (χ1v) is 6.33. The van der Waals surface area contributed by atoms with Gasteiger partial charge in [0.2, 0.25) is 5.76 Å². The molecule has 0 saturated carbocycles. The number of aromatic nitrogens is 4. The number of carboxylic acid groups (broad SMARTS) is 1. The van der Waals surface area contributed by atoms with Gasteiger partial charge in [-0.1, -0.05) is 30.3 Å². The number of aromatic carboxylic acids is 1. The van der Waals surface area contributed by atoms with Crippen LogP contribution in [0.3, 0.4) is 0 Å². The van der Waals surface area contributed by atoms with Crippen molar-refractivity contribution < 1.29 is 14.3 Å². The molecule has 0 fully saturated rings. The molecule has 0 radical (unpaired) electrons. The highest BCUT2D eigenvalue weighted by Gasteiger charge is 2.12. The Hall–Kier alpha value is -2.96. The molecule has 21 heavy (non-hydrogen) atoms. The summed E-state index contributed by atoms with van der Waals surface area (Å²) < 4.78 is 6.80. The molecule has 0 unspecified atom stereocenters. The van der Waals surface area contributed by atoms with Crippen LogP contribution in [0.2, 0.25) is 0 Å². The molecule has 1 aromatic carbocycles. The average Bonchev–Trinajstić information content (AvgIpc) is 3.11. The summed E-state index contributed by atoms with van der Waals surface area (Å²) in [5, 5.41) is 20.4. The predicted octanol–water partition coefficient (Wildman–Crippen LogP) is 1.60. The summed E-state index contributed by atoms with van der Waals surface area (Å²) in [5.41, 5.74) is 1.10. The Bertz CT molecular complexity index is 748. The highest BCUT2D eigenvalue weighted by Crippen LogP contribution is 2.11. The van der Waals surface area contributed by atoms with Gasteiger partial charge in [0.25, 0.3) is 0 Å². The first-order chi connectivity index (χ1) is 10.2. The zero-order valence-corrected chi connectivity index (χ0v) is 11.0. The largest absolute Gasteiger partial charge is 0.475 e. The van der Waals surface area contributed by atoms with Gasteiger partial charge in [-0.05, 0) is 28.1 Å². The molecule has 1 N–H and O–H groups in total. The van der Waals surface area contributed by atoms with Gasteiger partial charge in [-0.15, -0.1) is 5.10 Å². The molecule has 3 aromatic rings. The molecule has 0 spiro atoms. The van der Waals surface area contributed by atoms with Crippen molar-refractivity contribution >= 4 is 5.97 Å². The Balaban J connectivity index is 1.77. The number of hydrogen-bond acceptors (Lipinski definition) is 5. The van der Waals surface area contributed by atoms with Crippen molar-refractivity contribution in [2.24, 2.45) is 0 Å². The molecule has 2 aromatic heterocycles. The van der Waals surface area contributed by atoms with Crippen LogP contribution in [-0.2, 0) is 13.0 Å². The van der Waals surface area contributed by atoms with Crippen LogP contribution in [0.5, 0.6) is 0 Å². The van der Waals surface area contributed by atoms with E-state index in [0.29, 0.717) is 24.6 Å². The maximum atomic E-state index is 10.8. The second kappa shape index (κ2) is 5.58. The molecule has 2 heterocycles. The Morgan fingerprint density at radius 3 is 2.71 bits per heavy atom. The molecular formula is C14H12N4O3. The summed E-state index contributed by atoms with van der Waals surface area (Å²) in [6, 6.07) is 12.9. The first kappa shape index (κ1) is 13.0. The summed E-state index contributed by atoms with van der Waals surface area (Å²) in [4.78, 5) is 10.8. The van der Waals surface area contributed by atoms with E-state index < -0.39 is 5.97 Å². The quantitative estimate of drug-likeness (QED) is 0.764. The number of carbonyl (C=O) groups is 1. The summed E-state index contributed by atoms with van der Waals surface area (Å²) in [6.45, 7) is 0.294. The van der Waals surface area contributed by atoms with Crippen molar-refractivity contribution in [3.8, 4) is 0 Å². The number of carboxylic acids is 1. The zero-order chi connectivity index (χ0) is 14.7. The SMILES string of the molecule is O=C(O)c1ccc(Cn2nnnc2Cc2ccccc2)o1. The maximum Gasteiger partial charge on any atom is 0.371 e. The molecule has 0 amide bonds. The highest BCUT2D eigenvalue weighted by atomic mass is 16.4. The van der Waals surface area contributed by atoms with Crippen LogP contribution in [-0.4, -0.2) is 31.3 Å². The van der Waals surface area contributed by atoms with Gasteiger partial charge in [0.1, 0.15) is 12.3 Å². The molecule has 0 aliphatic rings. The van der Waals surface area contributed by atoms with Crippen LogP contribution < -0.4 is 0 Å². The number of tetrazole rings is 1. The van der Waals surface area contributed by atoms with E-state index in [1.54, 1.807) is 10.7 Å². The van der Waals surface area contributed by atoms with Crippen molar-refractivity contribution in [3.63, 3.8) is 0 Å². The van der Waals surface area contributed by atoms with Gasteiger partial charge in [-0.3, -0.25) is 0 Å². The fourth-order valence-corrected chi connectivity index (χ4v) is 1.98. The second-order valence-corrected chi connectivity index (χ2v) is 4.49. The topological polar surface area (TPSA) is 94.0 Å². The van der Waals surface area contributed by atoms with Crippen LogP contribution in [0.15, 0.2) is 46.9 Å². The van der Waals surface area contributed by atoms with E-state index in [9.17, 15) is 4.79 Å². The number of hydrogen-bond donors (Lipinski definition) is 1. The maximum absolute atomic E-state index is 10.8. The smallest absolute Gasteiger partial charge is 0.371 e. The lowest BCUT2D eigenvalue weighted by Gasteiger charge is -2.02. The normalized spacial score (nSPS) is 10.7. The van der Waals surface area contributed by atoms with Crippen molar-refractivity contribution in [3.05, 3.63) is 65.4 Å². The van der Waals surface area contributed by atoms with Crippen LogP contribution in [0.25, 0.3) is 0 Å². The minimum atomic E-state index is -1.09. The van der Waals surface area contributed by atoms with E-state index in [4.69, 9.17) is 9.52 Å². The van der Waals surface area contributed by atoms with Gasteiger partial charge in [-0.25, -0.2) is 9.48 Å². The molecular weight excluding hydrogens is 272 g/mol. The Morgan fingerprint density at radius 1 is 1.19 bits per heavy atom. The molecule has 0 aliphatic carbocycles. The minimum absolute atomic E-state index is 0.0947. The van der Waals surface area contributed by atoms with Crippen molar-refractivity contribution in [1.82, 2.24) is 20.2 Å². The van der Waals surface area contributed by atoms with E-state index in [-0.39, 0.29) is 5.76 Å². The van der Waals surface area contributed by atoms with Gasteiger partial charge >= 0.3 is 5.97 Å². The summed E-state index contributed by atoms with van der Waals surface area (Å²) >= 11 is 0. The van der Waals surface area contributed by atoms with Gasteiger partial charge in [0.15, 0.2) is 5.82 Å². The lowest BCUT2D eigenvalue weighted by Crippen LogP contribution is -2.07. The average molecular weight is 284 g/mol. The fourth-order valence-electron chi connectivity index (χ4n) is 1.98. The van der Waals surface area contributed by atoms with E-state index in [0.717, 1.165) is 5.56 Å². The Labute approximate surface area is 119 Å². The number of rotatable bonds is 5. The predicted molar refractivity (Wildman–Crippen MR) is 71.8 cm³/mol. The second-order valence-electron chi connectivity index (χ2n) is 4.49. The molecule has 106 valence electrons. The monoisotopic (exact) mass is 284 g/mol. The van der Waals surface area contributed by atoms with Gasteiger partial charge in [0, 0.05) is 6.42 Å². The van der Waals surface area contributed by atoms with Crippen LogP contribution in [0.4, 0.5) is 0 Å². The molecule has 7 heteroatoms. The standard InChI is InChI=1S/C14H12N4O3/c19-14(20)12-7-6-11(21-12)9-18-13(15-16-17-18)8-10-4-2-1-3-5-10/h1-7H,8-9H2,(H,19,20). The Kier molecular flexibility index (Phi) is 3.46. The van der Waals surface area contributed by atoms with Gasteiger partial charge in [-0.2, -0.15) is 0 Å². The third-order valence-electron chi connectivity index (χ3n) is 2.99. The third kappa shape index (κ3) is 2.97. The van der Waals surface area contributed by atoms with Crippen LogP contribution in [0.1, 0.15) is 27.7 Å². The van der Waals surface area contributed by atoms with Crippen LogP contribution in [0, 0.1) is 0 Å². The highest BCUT2D eigenvalue weighted by molar-refractivity contribution is 5.84. The Morgan fingerprint density at radius 2 is 2.00 bits per heavy atom. The minimum Gasteiger partial charge on any atom is -0.475 e. The number of furan rings is 1. The summed E-state index contributed by atoms with van der Waals surface area (Å²) in [5.74, 6) is -0.00588. The molecule has 0 aliphatic heterocycles. The van der Waals surface area contributed by atoms with E-state index in [1.165, 1.54) is 6.07 Å². The summed E-state index contributed by atoms with van der Waals surface area (Å²) in [6.07, 6.45) is 0.598. The molecule has 7 nitrogen and oxygen atoms in total. The van der Waals surface area contributed by atoms with E-state index >= 15 is 0 Å².